The minimum absolute atomic E-state index is 0.114. The van der Waals surface area contributed by atoms with E-state index < -0.39 is 0 Å². The van der Waals surface area contributed by atoms with E-state index in [0.29, 0.717) is 5.56 Å². The molecule has 2 aliphatic heterocycles. The number of hydrogen-bond donors (Lipinski definition) is 1. The molecule has 5 rings (SSSR count). The molecule has 1 aromatic heterocycles. The molecule has 0 aliphatic carbocycles. The molecule has 3 aromatic rings. The molecule has 2 saturated heterocycles. The Kier molecular flexibility index (Phi) is 7.08. The van der Waals surface area contributed by atoms with Gasteiger partial charge in [0.05, 0.1) is 16.9 Å². The molecule has 0 bridgehead atoms. The fraction of sp³-hybridized carbons (Fsp3) is 0.357. The lowest BCUT2D eigenvalue weighted by Gasteiger charge is -2.44. The number of carbonyl (C=O) groups is 1. The molecule has 1 amide bonds. The van der Waals surface area contributed by atoms with Gasteiger partial charge in [0.2, 0.25) is 0 Å². The minimum atomic E-state index is -0.114. The second-order valence-electron chi connectivity index (χ2n) is 9.10. The van der Waals surface area contributed by atoms with E-state index in [9.17, 15) is 4.79 Å². The topological polar surface area (TPSA) is 45.2 Å². The van der Waals surface area contributed by atoms with Crippen molar-refractivity contribution >= 4 is 23.4 Å². The van der Waals surface area contributed by atoms with Gasteiger partial charge < -0.3 is 10.2 Å². The van der Waals surface area contributed by atoms with Crippen molar-refractivity contribution in [3.05, 3.63) is 78.5 Å². The first-order valence-electron chi connectivity index (χ1n) is 12.1. The molecule has 3 heterocycles. The SMILES string of the molecule is O=C(Nc1ccc(SCC2CCCN3CCCCC23)nc1)c1ccc(-c2ccccc2)cc1. The van der Waals surface area contributed by atoms with Crippen LogP contribution in [0.5, 0.6) is 0 Å². The smallest absolute Gasteiger partial charge is 0.255 e. The van der Waals surface area contributed by atoms with E-state index in [1.807, 2.05) is 66.4 Å². The van der Waals surface area contributed by atoms with Crippen molar-refractivity contribution in [1.29, 1.82) is 0 Å². The van der Waals surface area contributed by atoms with Crippen LogP contribution in [0.4, 0.5) is 5.69 Å². The molecule has 2 unspecified atom stereocenters. The monoisotopic (exact) mass is 457 g/mol. The number of anilines is 1. The van der Waals surface area contributed by atoms with E-state index in [2.05, 4.69) is 27.3 Å². The molecule has 33 heavy (non-hydrogen) atoms. The standard InChI is InChI=1S/C28H31N3OS/c32-28(23-13-11-22(12-14-23)21-7-2-1-3-8-21)30-25-15-16-27(29-19-25)33-20-24-9-6-18-31-17-5-4-10-26(24)31/h1-3,7-8,11-16,19,24,26H,4-6,9-10,17-18,20H2,(H,30,32). The molecule has 170 valence electrons. The number of hydrogen-bond acceptors (Lipinski definition) is 4. The van der Waals surface area contributed by atoms with Gasteiger partial charge in [-0.1, -0.05) is 48.9 Å². The van der Waals surface area contributed by atoms with Gasteiger partial charge in [-0.05, 0) is 80.1 Å². The van der Waals surface area contributed by atoms with Gasteiger partial charge in [0.15, 0.2) is 0 Å². The Morgan fingerprint density at radius 3 is 2.48 bits per heavy atom. The number of fused-ring (bicyclic) bond motifs is 1. The first-order valence-corrected chi connectivity index (χ1v) is 13.0. The van der Waals surface area contributed by atoms with Crippen molar-refractivity contribution in [2.45, 2.75) is 43.2 Å². The van der Waals surface area contributed by atoms with Gasteiger partial charge in [0.25, 0.3) is 5.91 Å². The van der Waals surface area contributed by atoms with Gasteiger partial charge in [-0.15, -0.1) is 11.8 Å². The quantitative estimate of drug-likeness (QED) is 0.438. The fourth-order valence-electron chi connectivity index (χ4n) is 5.15. The van der Waals surface area contributed by atoms with Crippen molar-refractivity contribution in [3.8, 4) is 11.1 Å². The number of nitrogens with zero attached hydrogens (tertiary/aromatic N) is 2. The molecule has 5 heteroatoms. The molecule has 0 spiro atoms. The molecule has 0 radical (unpaired) electrons. The highest BCUT2D eigenvalue weighted by Crippen LogP contribution is 2.34. The first kappa shape index (κ1) is 22.2. The third-order valence-electron chi connectivity index (χ3n) is 6.92. The Labute approximate surface area is 200 Å². The van der Waals surface area contributed by atoms with Crippen LogP contribution in [0.2, 0.25) is 0 Å². The van der Waals surface area contributed by atoms with Crippen LogP contribution in [-0.2, 0) is 0 Å². The lowest BCUT2D eigenvalue weighted by atomic mass is 9.85. The van der Waals surface area contributed by atoms with Gasteiger partial charge in [-0.2, -0.15) is 0 Å². The van der Waals surface area contributed by atoms with E-state index in [-0.39, 0.29) is 5.91 Å². The Morgan fingerprint density at radius 1 is 0.909 bits per heavy atom. The highest BCUT2D eigenvalue weighted by Gasteiger charge is 2.32. The summed E-state index contributed by atoms with van der Waals surface area (Å²) in [7, 11) is 0. The third kappa shape index (κ3) is 5.48. The van der Waals surface area contributed by atoms with E-state index in [0.717, 1.165) is 39.6 Å². The molecule has 2 aliphatic rings. The van der Waals surface area contributed by atoms with Crippen LogP contribution in [0.3, 0.4) is 0 Å². The lowest BCUT2D eigenvalue weighted by Crippen LogP contribution is -2.48. The van der Waals surface area contributed by atoms with E-state index in [4.69, 9.17) is 0 Å². The van der Waals surface area contributed by atoms with Crippen molar-refractivity contribution in [2.75, 3.05) is 24.2 Å². The van der Waals surface area contributed by atoms with Gasteiger partial charge >= 0.3 is 0 Å². The van der Waals surface area contributed by atoms with Gasteiger partial charge in [0, 0.05) is 17.4 Å². The van der Waals surface area contributed by atoms with E-state index >= 15 is 0 Å². The second kappa shape index (κ2) is 10.5. The average molecular weight is 458 g/mol. The molecular weight excluding hydrogens is 426 g/mol. The second-order valence-corrected chi connectivity index (χ2v) is 10.1. The molecule has 1 N–H and O–H groups in total. The summed E-state index contributed by atoms with van der Waals surface area (Å²) in [6.07, 6.45) is 8.53. The molecule has 2 fully saturated rings. The maximum atomic E-state index is 12.7. The van der Waals surface area contributed by atoms with Crippen LogP contribution in [0.15, 0.2) is 78.0 Å². The Bertz CT molecular complexity index is 1050. The number of rotatable bonds is 6. The summed E-state index contributed by atoms with van der Waals surface area (Å²) in [4.78, 5) is 20.0. The maximum absolute atomic E-state index is 12.7. The molecule has 4 nitrogen and oxygen atoms in total. The number of piperidine rings is 2. The minimum Gasteiger partial charge on any atom is -0.321 e. The largest absolute Gasteiger partial charge is 0.321 e. The summed E-state index contributed by atoms with van der Waals surface area (Å²) >= 11 is 1.86. The third-order valence-corrected chi connectivity index (χ3v) is 8.05. The number of nitrogens with one attached hydrogen (secondary N) is 1. The van der Waals surface area contributed by atoms with Crippen LogP contribution in [0.1, 0.15) is 42.5 Å². The van der Waals surface area contributed by atoms with Crippen LogP contribution in [0, 0.1) is 5.92 Å². The molecule has 0 saturated carbocycles. The Balaban J connectivity index is 1.15. The number of benzene rings is 2. The predicted octanol–water partition coefficient (Wildman–Crippen LogP) is 6.36. The number of thioether (sulfide) groups is 1. The van der Waals surface area contributed by atoms with Crippen LogP contribution >= 0.6 is 11.8 Å². The summed E-state index contributed by atoms with van der Waals surface area (Å²) in [6.45, 7) is 2.57. The summed E-state index contributed by atoms with van der Waals surface area (Å²) in [6, 6.07) is 22.6. The zero-order valence-electron chi connectivity index (χ0n) is 19.0. The first-order chi connectivity index (χ1) is 16.3. The summed E-state index contributed by atoms with van der Waals surface area (Å²) < 4.78 is 0. The zero-order chi connectivity index (χ0) is 22.5. The Morgan fingerprint density at radius 2 is 1.70 bits per heavy atom. The highest BCUT2D eigenvalue weighted by atomic mass is 32.2. The summed E-state index contributed by atoms with van der Waals surface area (Å²) in [5.41, 5.74) is 3.62. The predicted molar refractivity (Wildman–Crippen MR) is 137 cm³/mol. The van der Waals surface area contributed by atoms with Crippen molar-refractivity contribution in [1.82, 2.24) is 9.88 Å². The Hall–Kier alpha value is -2.63. The van der Waals surface area contributed by atoms with E-state index in [1.54, 1.807) is 6.20 Å². The van der Waals surface area contributed by atoms with Gasteiger partial charge in [-0.25, -0.2) is 4.98 Å². The van der Waals surface area contributed by atoms with Crippen LogP contribution < -0.4 is 5.32 Å². The fourth-order valence-corrected chi connectivity index (χ4v) is 6.22. The number of amides is 1. The number of pyridine rings is 1. The molecule has 2 atom stereocenters. The molecular formula is C28H31N3OS. The van der Waals surface area contributed by atoms with Crippen molar-refractivity contribution in [2.24, 2.45) is 5.92 Å². The number of carbonyl (C=O) groups excluding carboxylic acids is 1. The van der Waals surface area contributed by atoms with Crippen LogP contribution in [0.25, 0.3) is 11.1 Å². The maximum Gasteiger partial charge on any atom is 0.255 e. The average Bonchev–Trinajstić information content (AvgIpc) is 2.89. The normalized spacial score (nSPS) is 20.7. The van der Waals surface area contributed by atoms with Gasteiger partial charge in [-0.3, -0.25) is 4.79 Å². The number of aromatic nitrogens is 1. The lowest BCUT2D eigenvalue weighted by molar-refractivity contribution is 0.0693. The summed E-state index contributed by atoms with van der Waals surface area (Å²) in [5.74, 6) is 1.79. The highest BCUT2D eigenvalue weighted by molar-refractivity contribution is 7.99. The van der Waals surface area contributed by atoms with Crippen molar-refractivity contribution in [3.63, 3.8) is 0 Å². The summed E-state index contributed by atoms with van der Waals surface area (Å²) in [5, 5.41) is 4.01. The van der Waals surface area contributed by atoms with Crippen molar-refractivity contribution < 1.29 is 4.79 Å². The van der Waals surface area contributed by atoms with E-state index in [1.165, 1.54) is 45.2 Å². The molecule has 2 aromatic carbocycles. The van der Waals surface area contributed by atoms with Gasteiger partial charge in [0.1, 0.15) is 0 Å². The zero-order valence-corrected chi connectivity index (χ0v) is 19.8. The van der Waals surface area contributed by atoms with Crippen LogP contribution in [-0.4, -0.2) is 40.7 Å².